The lowest BCUT2D eigenvalue weighted by Gasteiger charge is -2.52. The Labute approximate surface area is 379 Å². The lowest BCUT2D eigenvalue weighted by atomic mass is 9.52. The zero-order chi connectivity index (χ0) is 43.9. The molecule has 5 heteroatoms. The molecule has 0 atom stereocenters. The van der Waals surface area contributed by atoms with Crippen molar-refractivity contribution in [1.29, 1.82) is 0 Å². The lowest BCUT2D eigenvalue weighted by Crippen LogP contribution is -2.44. The van der Waals surface area contributed by atoms with Gasteiger partial charge >= 0.3 is 0 Å². The summed E-state index contributed by atoms with van der Waals surface area (Å²) < 4.78 is 25.0. The number of hydrogen-bond donors (Lipinski definition) is 0. The molecule has 2 fully saturated rings. The highest BCUT2D eigenvalue weighted by Crippen LogP contribution is 2.67. The molecule has 0 radical (unpaired) electrons. The summed E-state index contributed by atoms with van der Waals surface area (Å²) in [7, 11) is 5.18. The van der Waals surface area contributed by atoms with E-state index in [0.29, 0.717) is 5.25 Å². The number of fused-ring (bicyclic) bond motifs is 10. The summed E-state index contributed by atoms with van der Waals surface area (Å²) in [5, 5.41) is 3.08. The van der Waals surface area contributed by atoms with Crippen molar-refractivity contribution in [3.8, 4) is 45.3 Å². The SMILES string of the molecule is COc1ccc(C2(c3ccc(OC)cc3)C=Cc3c4c(c5cc(C)c(-c6ccc(OC)cc6C)cc5c3O2)-c2ccc(SC3CCCCC3)cc2C42CC(C)(C)CC(C)(C)C2)cc1. The maximum atomic E-state index is 7.94. The second-order valence-corrected chi connectivity index (χ2v) is 21.9. The minimum atomic E-state index is -0.929. The number of thioether (sulfide) groups is 1. The van der Waals surface area contributed by atoms with Crippen LogP contribution in [0.2, 0.25) is 0 Å². The average molecular weight is 855 g/mol. The fourth-order valence-electron chi connectivity index (χ4n) is 12.8. The highest BCUT2D eigenvalue weighted by molar-refractivity contribution is 8.00. The molecule has 1 heterocycles. The summed E-state index contributed by atoms with van der Waals surface area (Å²) in [4.78, 5) is 1.42. The minimum Gasteiger partial charge on any atom is -0.497 e. The summed E-state index contributed by atoms with van der Waals surface area (Å²) in [5.74, 6) is 3.43. The molecule has 324 valence electrons. The summed E-state index contributed by atoms with van der Waals surface area (Å²) in [6, 6.07) is 35.7. The van der Waals surface area contributed by atoms with Gasteiger partial charge in [-0.3, -0.25) is 0 Å². The zero-order valence-corrected chi connectivity index (χ0v) is 39.5. The first-order valence-corrected chi connectivity index (χ1v) is 23.9. The number of benzene rings is 6. The van der Waals surface area contributed by atoms with Gasteiger partial charge in [0.05, 0.1) is 21.3 Å². The third-order valence-electron chi connectivity index (χ3n) is 14.8. The average Bonchev–Trinajstić information content (AvgIpc) is 3.52. The molecule has 0 unspecified atom stereocenters. The third kappa shape index (κ3) is 7.05. The van der Waals surface area contributed by atoms with Crippen LogP contribution in [0.5, 0.6) is 23.0 Å². The Kier molecular flexibility index (Phi) is 10.3. The Hall–Kier alpha value is -5.13. The van der Waals surface area contributed by atoms with Gasteiger partial charge < -0.3 is 18.9 Å². The van der Waals surface area contributed by atoms with Crippen molar-refractivity contribution in [2.45, 2.75) is 114 Å². The number of rotatable bonds is 8. The van der Waals surface area contributed by atoms with Crippen LogP contribution in [0.4, 0.5) is 0 Å². The van der Waals surface area contributed by atoms with Gasteiger partial charge in [-0.2, -0.15) is 0 Å². The predicted octanol–water partition coefficient (Wildman–Crippen LogP) is 15.4. The van der Waals surface area contributed by atoms with Crippen molar-refractivity contribution in [2.75, 3.05) is 21.3 Å². The van der Waals surface area contributed by atoms with Gasteiger partial charge in [-0.15, -0.1) is 11.8 Å². The molecule has 63 heavy (non-hydrogen) atoms. The van der Waals surface area contributed by atoms with E-state index in [2.05, 4.69) is 138 Å². The zero-order valence-electron chi connectivity index (χ0n) is 38.7. The van der Waals surface area contributed by atoms with Crippen LogP contribution >= 0.6 is 11.8 Å². The third-order valence-corrected chi connectivity index (χ3v) is 16.1. The van der Waals surface area contributed by atoms with E-state index in [4.69, 9.17) is 18.9 Å². The molecule has 4 nitrogen and oxygen atoms in total. The van der Waals surface area contributed by atoms with Crippen LogP contribution in [0.15, 0.2) is 108 Å². The first-order valence-electron chi connectivity index (χ1n) is 23.1. The molecule has 4 aliphatic rings. The summed E-state index contributed by atoms with van der Waals surface area (Å²) in [6.45, 7) is 14.5. The lowest BCUT2D eigenvalue weighted by molar-refractivity contribution is 0.0641. The van der Waals surface area contributed by atoms with Gasteiger partial charge in [0.25, 0.3) is 0 Å². The molecule has 0 N–H and O–H groups in total. The van der Waals surface area contributed by atoms with Crippen molar-refractivity contribution in [1.82, 2.24) is 0 Å². The summed E-state index contributed by atoms with van der Waals surface area (Å²) in [6.07, 6.45) is 14.8. The smallest absolute Gasteiger partial charge is 0.178 e. The van der Waals surface area contributed by atoms with Gasteiger partial charge in [-0.25, -0.2) is 0 Å². The molecule has 6 aromatic carbocycles. The molecule has 0 bridgehead atoms. The van der Waals surface area contributed by atoms with Crippen molar-refractivity contribution in [3.63, 3.8) is 0 Å². The van der Waals surface area contributed by atoms with E-state index in [1.54, 1.807) is 21.3 Å². The molecule has 1 aliphatic heterocycles. The van der Waals surface area contributed by atoms with Crippen LogP contribution < -0.4 is 18.9 Å². The standard InChI is InChI=1S/C58H62O4S/c1-36-29-42(61-9)23-25-45(36)48-32-50-49(30-37(48)2)52-46-26-24-44(63-43-13-11-10-12-14-43)31-51(46)57(34-55(3,4)33-56(5,6)35-57)53(52)47-27-28-58(62-54(47)50,38-15-19-40(59-7)20-16-38)39-17-21-41(60-8)22-18-39/h15-32,43H,10-14,33-35H2,1-9H3. The van der Waals surface area contributed by atoms with Gasteiger partial charge in [0.1, 0.15) is 23.0 Å². The Bertz CT molecular complexity index is 2710. The Balaban J connectivity index is 1.29. The van der Waals surface area contributed by atoms with Crippen LogP contribution in [0.1, 0.15) is 118 Å². The van der Waals surface area contributed by atoms with E-state index in [9.17, 15) is 0 Å². The quantitative estimate of drug-likeness (QED) is 0.152. The maximum Gasteiger partial charge on any atom is 0.178 e. The van der Waals surface area contributed by atoms with Gasteiger partial charge in [-0.05, 0) is 167 Å². The fourth-order valence-corrected chi connectivity index (χ4v) is 14.1. The van der Waals surface area contributed by atoms with Gasteiger partial charge in [-0.1, -0.05) is 95.5 Å². The van der Waals surface area contributed by atoms with Crippen molar-refractivity contribution in [2.24, 2.45) is 10.8 Å². The fraction of sp³-hybridized carbons (Fsp3) is 0.379. The second-order valence-electron chi connectivity index (χ2n) is 20.5. The Morgan fingerprint density at radius 1 is 0.587 bits per heavy atom. The molecular weight excluding hydrogens is 793 g/mol. The summed E-state index contributed by atoms with van der Waals surface area (Å²) in [5.41, 5.74) is 12.9. The van der Waals surface area contributed by atoms with Crippen molar-refractivity contribution in [3.05, 3.63) is 142 Å². The van der Waals surface area contributed by atoms with E-state index in [1.807, 2.05) is 24.3 Å². The van der Waals surface area contributed by atoms with Crippen LogP contribution in [0, 0.1) is 24.7 Å². The highest BCUT2D eigenvalue weighted by Gasteiger charge is 2.56. The molecule has 0 amide bonds. The Morgan fingerprint density at radius 2 is 1.17 bits per heavy atom. The molecule has 3 aliphatic carbocycles. The summed E-state index contributed by atoms with van der Waals surface area (Å²) >= 11 is 2.13. The van der Waals surface area contributed by atoms with Crippen molar-refractivity contribution >= 4 is 28.6 Å². The van der Waals surface area contributed by atoms with Gasteiger partial charge in [0.15, 0.2) is 5.60 Å². The molecule has 1 spiro atoms. The molecule has 0 aromatic heterocycles. The van der Waals surface area contributed by atoms with Gasteiger partial charge in [0, 0.05) is 37.6 Å². The maximum absolute atomic E-state index is 7.94. The van der Waals surface area contributed by atoms with Crippen LogP contribution in [-0.2, 0) is 11.0 Å². The number of ether oxygens (including phenoxy) is 4. The molecular formula is C58H62O4S. The predicted molar refractivity (Wildman–Crippen MR) is 262 cm³/mol. The van der Waals surface area contributed by atoms with Crippen LogP contribution in [0.3, 0.4) is 0 Å². The molecule has 0 saturated heterocycles. The van der Waals surface area contributed by atoms with E-state index < -0.39 is 5.60 Å². The highest BCUT2D eigenvalue weighted by atomic mass is 32.2. The number of methoxy groups -OCH3 is 3. The first kappa shape index (κ1) is 41.9. The first-order chi connectivity index (χ1) is 30.3. The van der Waals surface area contributed by atoms with Crippen LogP contribution in [0.25, 0.3) is 39.1 Å². The molecule has 2 saturated carbocycles. The van der Waals surface area contributed by atoms with E-state index in [-0.39, 0.29) is 16.2 Å². The molecule has 6 aromatic rings. The monoisotopic (exact) mass is 854 g/mol. The number of aryl methyl sites for hydroxylation is 2. The second kappa shape index (κ2) is 15.5. The van der Waals surface area contributed by atoms with Crippen LogP contribution in [-0.4, -0.2) is 26.6 Å². The van der Waals surface area contributed by atoms with E-state index in [1.165, 1.54) is 98.9 Å². The number of hydrogen-bond acceptors (Lipinski definition) is 5. The molecule has 10 rings (SSSR count). The van der Waals surface area contributed by atoms with E-state index in [0.717, 1.165) is 52.4 Å². The Morgan fingerprint density at radius 3 is 1.78 bits per heavy atom. The topological polar surface area (TPSA) is 36.9 Å². The van der Waals surface area contributed by atoms with E-state index >= 15 is 0 Å². The minimum absolute atomic E-state index is 0.121. The largest absolute Gasteiger partial charge is 0.497 e. The normalized spacial score (nSPS) is 18.9. The van der Waals surface area contributed by atoms with Gasteiger partial charge in [0.2, 0.25) is 0 Å². The van der Waals surface area contributed by atoms with Crippen molar-refractivity contribution < 1.29 is 18.9 Å².